The summed E-state index contributed by atoms with van der Waals surface area (Å²) >= 11 is 0. The highest BCUT2D eigenvalue weighted by molar-refractivity contribution is 5.96. The molecule has 1 amide bonds. The van der Waals surface area contributed by atoms with Gasteiger partial charge in [0.1, 0.15) is 11.6 Å². The monoisotopic (exact) mass is 363 g/mol. The van der Waals surface area contributed by atoms with Crippen molar-refractivity contribution in [2.75, 3.05) is 18.6 Å². The molecule has 5 nitrogen and oxygen atoms in total. The summed E-state index contributed by atoms with van der Waals surface area (Å²) in [7, 11) is 1.64. The smallest absolute Gasteiger partial charge is 0.227 e. The second-order valence-corrected chi connectivity index (χ2v) is 7.07. The van der Waals surface area contributed by atoms with Crippen LogP contribution in [0, 0.1) is 0 Å². The number of benzene rings is 2. The molecule has 140 valence electrons. The Kier molecular flexibility index (Phi) is 4.84. The average molecular weight is 363 g/mol. The van der Waals surface area contributed by atoms with Crippen LogP contribution in [0.4, 0.5) is 5.69 Å². The van der Waals surface area contributed by atoms with Gasteiger partial charge in [-0.2, -0.15) is 0 Å². The third-order valence-corrected chi connectivity index (χ3v) is 5.27. The number of ether oxygens (including phenoxy) is 1. The minimum atomic E-state index is 0.105. The van der Waals surface area contributed by atoms with E-state index >= 15 is 0 Å². The Morgan fingerprint density at radius 3 is 2.85 bits per heavy atom. The summed E-state index contributed by atoms with van der Waals surface area (Å²) in [6.07, 6.45) is 2.73. The number of rotatable bonds is 6. The molecular formula is C22H25N3O2. The van der Waals surface area contributed by atoms with Crippen molar-refractivity contribution in [2.45, 2.75) is 38.6 Å². The molecule has 4 rings (SSSR count). The summed E-state index contributed by atoms with van der Waals surface area (Å²) in [6, 6.07) is 15.9. The van der Waals surface area contributed by atoms with Crippen molar-refractivity contribution >= 4 is 22.6 Å². The first-order valence-electron chi connectivity index (χ1n) is 9.61. The number of hydrogen-bond acceptors (Lipinski definition) is 3. The molecule has 0 bridgehead atoms. The number of carbonyl (C=O) groups excluding carboxylic acids is 1. The molecule has 0 N–H and O–H groups in total. The van der Waals surface area contributed by atoms with Crippen molar-refractivity contribution in [3.63, 3.8) is 0 Å². The number of fused-ring (bicyclic) bond motifs is 1. The second-order valence-electron chi connectivity index (χ2n) is 7.07. The first-order valence-corrected chi connectivity index (χ1v) is 9.61. The second kappa shape index (κ2) is 7.43. The number of hydrogen-bond donors (Lipinski definition) is 0. The minimum Gasteiger partial charge on any atom is -0.497 e. The zero-order valence-electron chi connectivity index (χ0n) is 15.9. The van der Waals surface area contributed by atoms with Crippen LogP contribution in [-0.2, 0) is 11.3 Å². The van der Waals surface area contributed by atoms with Crippen molar-refractivity contribution in [3.05, 3.63) is 54.4 Å². The van der Waals surface area contributed by atoms with Gasteiger partial charge in [-0.3, -0.25) is 4.79 Å². The maximum absolute atomic E-state index is 12.7. The van der Waals surface area contributed by atoms with E-state index in [-0.39, 0.29) is 11.8 Å². The van der Waals surface area contributed by atoms with Crippen molar-refractivity contribution < 1.29 is 9.53 Å². The number of aryl methyl sites for hydroxylation is 1. The molecular weight excluding hydrogens is 338 g/mol. The topological polar surface area (TPSA) is 47.4 Å². The molecule has 1 aliphatic heterocycles. The summed E-state index contributed by atoms with van der Waals surface area (Å²) in [4.78, 5) is 19.5. The van der Waals surface area contributed by atoms with Crippen LogP contribution in [0.15, 0.2) is 48.5 Å². The molecule has 5 heteroatoms. The third-order valence-electron chi connectivity index (χ3n) is 5.27. The summed E-state index contributed by atoms with van der Waals surface area (Å²) in [5.74, 6) is 2.04. The van der Waals surface area contributed by atoms with Gasteiger partial charge in [-0.1, -0.05) is 31.5 Å². The van der Waals surface area contributed by atoms with Gasteiger partial charge in [-0.25, -0.2) is 4.98 Å². The van der Waals surface area contributed by atoms with Crippen LogP contribution in [0.2, 0.25) is 0 Å². The predicted octanol–water partition coefficient (Wildman–Crippen LogP) is 4.37. The lowest BCUT2D eigenvalue weighted by Crippen LogP contribution is -2.24. The number of carbonyl (C=O) groups is 1. The Hall–Kier alpha value is -2.82. The molecule has 0 aliphatic carbocycles. The Morgan fingerprint density at radius 2 is 2.04 bits per heavy atom. The molecule has 3 aromatic rings. The van der Waals surface area contributed by atoms with Gasteiger partial charge >= 0.3 is 0 Å². The van der Waals surface area contributed by atoms with Gasteiger partial charge in [0.05, 0.1) is 18.1 Å². The number of aromatic nitrogens is 2. The summed E-state index contributed by atoms with van der Waals surface area (Å²) in [5, 5.41) is 0. The number of para-hydroxylation sites is 2. The number of nitrogens with zero attached hydrogens (tertiary/aromatic N) is 3. The van der Waals surface area contributed by atoms with Crippen LogP contribution in [0.1, 0.15) is 37.9 Å². The maximum atomic E-state index is 12.7. The van der Waals surface area contributed by atoms with Crippen LogP contribution in [-0.4, -0.2) is 29.1 Å². The van der Waals surface area contributed by atoms with Crippen LogP contribution in [0.25, 0.3) is 11.0 Å². The number of amides is 1. The molecule has 0 radical (unpaired) electrons. The molecule has 1 fully saturated rings. The fourth-order valence-corrected chi connectivity index (χ4v) is 3.87. The third kappa shape index (κ3) is 3.29. The van der Waals surface area contributed by atoms with Gasteiger partial charge in [0.25, 0.3) is 0 Å². The summed E-state index contributed by atoms with van der Waals surface area (Å²) in [6.45, 7) is 3.79. The van der Waals surface area contributed by atoms with E-state index in [9.17, 15) is 4.79 Å². The van der Waals surface area contributed by atoms with Crippen LogP contribution in [0.3, 0.4) is 0 Å². The zero-order valence-corrected chi connectivity index (χ0v) is 15.9. The molecule has 0 spiro atoms. The molecule has 2 aromatic carbocycles. The summed E-state index contributed by atoms with van der Waals surface area (Å²) in [5.41, 5.74) is 3.06. The Bertz CT molecular complexity index is 963. The van der Waals surface area contributed by atoms with Gasteiger partial charge in [-0.15, -0.1) is 0 Å². The van der Waals surface area contributed by atoms with Crippen LogP contribution in [0.5, 0.6) is 5.75 Å². The van der Waals surface area contributed by atoms with Crippen molar-refractivity contribution in [2.24, 2.45) is 0 Å². The lowest BCUT2D eigenvalue weighted by molar-refractivity contribution is -0.117. The van der Waals surface area contributed by atoms with Gasteiger partial charge < -0.3 is 14.2 Å². The van der Waals surface area contributed by atoms with Gasteiger partial charge in [0.15, 0.2) is 0 Å². The number of anilines is 1. The van der Waals surface area contributed by atoms with E-state index in [1.807, 2.05) is 35.2 Å². The van der Waals surface area contributed by atoms with Crippen molar-refractivity contribution in [1.29, 1.82) is 0 Å². The highest BCUT2D eigenvalue weighted by atomic mass is 16.5. The highest BCUT2D eigenvalue weighted by Crippen LogP contribution is 2.34. The summed E-state index contributed by atoms with van der Waals surface area (Å²) < 4.78 is 7.62. The Balaban J connectivity index is 1.67. The van der Waals surface area contributed by atoms with Crippen molar-refractivity contribution in [3.8, 4) is 5.75 Å². The zero-order chi connectivity index (χ0) is 18.8. The van der Waals surface area contributed by atoms with E-state index < -0.39 is 0 Å². The van der Waals surface area contributed by atoms with Gasteiger partial charge in [-0.05, 0) is 30.7 Å². The minimum absolute atomic E-state index is 0.105. The number of methoxy groups -OCH3 is 1. The predicted molar refractivity (Wildman–Crippen MR) is 107 cm³/mol. The fourth-order valence-electron chi connectivity index (χ4n) is 3.87. The first-order chi connectivity index (χ1) is 13.2. The molecule has 27 heavy (non-hydrogen) atoms. The molecule has 1 saturated heterocycles. The van der Waals surface area contributed by atoms with Crippen molar-refractivity contribution in [1.82, 2.24) is 9.55 Å². The number of imidazole rings is 1. The lowest BCUT2D eigenvalue weighted by atomic mass is 10.1. The number of unbranched alkanes of at least 4 members (excludes halogenated alkanes) is 1. The van der Waals surface area contributed by atoms with E-state index in [0.29, 0.717) is 13.0 Å². The van der Waals surface area contributed by atoms with Gasteiger partial charge in [0.2, 0.25) is 5.91 Å². The van der Waals surface area contributed by atoms with E-state index in [0.717, 1.165) is 47.7 Å². The van der Waals surface area contributed by atoms with E-state index in [1.54, 1.807) is 7.11 Å². The Morgan fingerprint density at radius 1 is 1.19 bits per heavy atom. The molecule has 0 saturated carbocycles. The standard InChI is InChI=1S/C22H25N3O2/c1-3-4-12-24-20-11-6-5-10-19(20)23-22(24)16-13-21(26)25(15-16)17-8-7-9-18(14-17)27-2/h5-11,14,16H,3-4,12-13,15H2,1-2H3. The maximum Gasteiger partial charge on any atom is 0.227 e. The molecule has 2 heterocycles. The lowest BCUT2D eigenvalue weighted by Gasteiger charge is -2.18. The van der Waals surface area contributed by atoms with E-state index in [2.05, 4.69) is 29.7 Å². The SMILES string of the molecule is CCCCn1c(C2CC(=O)N(c3cccc(OC)c3)C2)nc2ccccc21. The van der Waals surface area contributed by atoms with Crippen LogP contribution >= 0.6 is 0 Å². The van der Waals surface area contributed by atoms with E-state index in [4.69, 9.17) is 9.72 Å². The van der Waals surface area contributed by atoms with Crippen LogP contribution < -0.4 is 9.64 Å². The molecule has 1 aliphatic rings. The fraction of sp³-hybridized carbons (Fsp3) is 0.364. The highest BCUT2D eigenvalue weighted by Gasteiger charge is 2.34. The quantitative estimate of drug-likeness (QED) is 0.653. The first kappa shape index (κ1) is 17.6. The Labute approximate surface area is 159 Å². The molecule has 1 unspecified atom stereocenters. The largest absolute Gasteiger partial charge is 0.497 e. The molecule has 1 atom stereocenters. The normalized spacial score (nSPS) is 17.0. The van der Waals surface area contributed by atoms with E-state index in [1.165, 1.54) is 0 Å². The average Bonchev–Trinajstić information content (AvgIpc) is 3.27. The van der Waals surface area contributed by atoms with Gasteiger partial charge in [0, 0.05) is 37.2 Å². The molecule has 1 aromatic heterocycles.